The van der Waals surface area contributed by atoms with E-state index in [0.717, 1.165) is 6.61 Å². The van der Waals surface area contributed by atoms with Crippen molar-refractivity contribution >= 4 is 8.07 Å². The Morgan fingerprint density at radius 1 is 1.16 bits per heavy atom. The van der Waals surface area contributed by atoms with Crippen LogP contribution < -0.4 is 9.47 Å². The fourth-order valence-corrected chi connectivity index (χ4v) is 5.16. The molecule has 0 radical (unpaired) electrons. The number of benzene rings is 1. The van der Waals surface area contributed by atoms with Gasteiger partial charge in [0.2, 0.25) is 0 Å². The van der Waals surface area contributed by atoms with Crippen LogP contribution in [0.2, 0.25) is 18.1 Å². The second kappa shape index (κ2) is 9.86. The molecule has 1 heterocycles. The molecule has 0 bridgehead atoms. The van der Waals surface area contributed by atoms with E-state index in [1.165, 1.54) is 18.1 Å². The summed E-state index contributed by atoms with van der Waals surface area (Å²) in [4.78, 5) is 0. The molecule has 1 saturated heterocycles. The van der Waals surface area contributed by atoms with Crippen LogP contribution in [0.4, 0.5) is 0 Å². The van der Waals surface area contributed by atoms with Crippen LogP contribution in [0.3, 0.4) is 0 Å². The molecule has 25 heavy (non-hydrogen) atoms. The van der Waals surface area contributed by atoms with Crippen molar-refractivity contribution in [2.45, 2.75) is 57.5 Å². The lowest BCUT2D eigenvalue weighted by molar-refractivity contribution is 0.109. The Hall–Kier alpha value is -1.48. The largest absolute Gasteiger partial charge is 0.487 e. The number of rotatable bonds is 10. The fraction of sp³-hybridized carbons (Fsp3) is 0.600. The van der Waals surface area contributed by atoms with E-state index in [2.05, 4.69) is 32.2 Å². The molecule has 1 aromatic carbocycles. The van der Waals surface area contributed by atoms with Crippen LogP contribution in [0.1, 0.15) is 27.2 Å². The van der Waals surface area contributed by atoms with Crippen LogP contribution in [0.25, 0.3) is 0 Å². The molecule has 0 unspecified atom stereocenters. The first kappa shape index (κ1) is 19.8. The molecule has 1 N–H and O–H groups in total. The number of aliphatic hydroxyl groups is 1. The van der Waals surface area contributed by atoms with Gasteiger partial charge < -0.3 is 19.3 Å². The monoisotopic (exact) mass is 362 g/mol. The van der Waals surface area contributed by atoms with Crippen LogP contribution in [0, 0.1) is 11.5 Å². The van der Waals surface area contributed by atoms with E-state index in [0.29, 0.717) is 24.5 Å². The van der Waals surface area contributed by atoms with Crippen molar-refractivity contribution in [1.82, 2.24) is 0 Å². The Morgan fingerprint density at radius 3 is 2.32 bits per heavy atom. The lowest BCUT2D eigenvalue weighted by atomic mass is 10.3. The third-order valence-electron chi connectivity index (χ3n) is 4.83. The predicted octanol–water partition coefficient (Wildman–Crippen LogP) is 3.65. The first-order chi connectivity index (χ1) is 12.1. The van der Waals surface area contributed by atoms with Crippen LogP contribution in [0.15, 0.2) is 24.3 Å². The van der Waals surface area contributed by atoms with Gasteiger partial charge in [-0.2, -0.15) is 0 Å². The molecule has 138 valence electrons. The standard InChI is InChI=1S/C20H30O4Si/c1-4-25(5-2,6-3)13-9-10-17(21)14-23-19-11-7-8-12-20(19)24-16-18-15-22-18/h7-8,11-12,17-18,21H,4-6,10,14-16H2,1-3H3/t17-,18+/m1/s1. The van der Waals surface area contributed by atoms with Crippen molar-refractivity contribution < 1.29 is 19.3 Å². The van der Waals surface area contributed by atoms with Crippen LogP contribution >= 0.6 is 0 Å². The maximum Gasteiger partial charge on any atom is 0.161 e. The summed E-state index contributed by atoms with van der Waals surface area (Å²) in [6.45, 7) is 8.21. The molecule has 1 fully saturated rings. The number of hydrogen-bond acceptors (Lipinski definition) is 4. The number of hydrogen-bond donors (Lipinski definition) is 1. The topological polar surface area (TPSA) is 51.2 Å². The Balaban J connectivity index is 1.82. The summed E-state index contributed by atoms with van der Waals surface area (Å²) in [5.74, 6) is 4.55. The third kappa shape index (κ3) is 6.39. The molecule has 1 aromatic rings. The highest BCUT2D eigenvalue weighted by Gasteiger charge is 2.24. The second-order valence-corrected chi connectivity index (χ2v) is 11.5. The molecular formula is C20H30O4Si. The van der Waals surface area contributed by atoms with Gasteiger partial charge >= 0.3 is 0 Å². The van der Waals surface area contributed by atoms with Gasteiger partial charge in [-0.1, -0.05) is 32.9 Å². The average molecular weight is 363 g/mol. The number of epoxide rings is 1. The summed E-state index contributed by atoms with van der Waals surface area (Å²) < 4.78 is 16.6. The number of ether oxygens (including phenoxy) is 3. The van der Waals surface area contributed by atoms with Gasteiger partial charge in [-0.3, -0.25) is 0 Å². The zero-order valence-corrected chi connectivity index (χ0v) is 16.6. The highest BCUT2D eigenvalue weighted by Crippen LogP contribution is 2.27. The maximum absolute atomic E-state index is 10.2. The third-order valence-corrected chi connectivity index (χ3v) is 9.60. The van der Waals surface area contributed by atoms with Gasteiger partial charge in [0, 0.05) is 6.42 Å². The molecule has 0 aromatic heterocycles. The Labute approximate surface area is 152 Å². The summed E-state index contributed by atoms with van der Waals surface area (Å²) in [6, 6.07) is 11.0. The molecule has 0 amide bonds. The molecule has 0 aliphatic carbocycles. The minimum Gasteiger partial charge on any atom is -0.487 e. The lowest BCUT2D eigenvalue weighted by Gasteiger charge is -2.20. The fourth-order valence-electron chi connectivity index (χ4n) is 2.65. The molecular weight excluding hydrogens is 332 g/mol. The van der Waals surface area contributed by atoms with Gasteiger partial charge in [0.05, 0.1) is 12.7 Å². The first-order valence-electron chi connectivity index (χ1n) is 9.26. The van der Waals surface area contributed by atoms with Gasteiger partial charge in [0.1, 0.15) is 27.4 Å². The summed E-state index contributed by atoms with van der Waals surface area (Å²) in [5, 5.41) is 10.2. The van der Waals surface area contributed by atoms with Crippen molar-refractivity contribution in [1.29, 1.82) is 0 Å². The number of aliphatic hydroxyl groups excluding tert-OH is 1. The SMILES string of the molecule is CC[Si](C#CC[C@@H](O)COc1ccccc1OC[C@@H]1CO1)(CC)CC. The van der Waals surface area contributed by atoms with Crippen molar-refractivity contribution in [2.75, 3.05) is 19.8 Å². The number of para-hydroxylation sites is 2. The van der Waals surface area contributed by atoms with E-state index in [-0.39, 0.29) is 12.7 Å². The van der Waals surface area contributed by atoms with E-state index >= 15 is 0 Å². The van der Waals surface area contributed by atoms with E-state index in [1.54, 1.807) is 0 Å². The average Bonchev–Trinajstić information content (AvgIpc) is 3.47. The van der Waals surface area contributed by atoms with Crippen LogP contribution in [0.5, 0.6) is 11.5 Å². The van der Waals surface area contributed by atoms with E-state index in [1.807, 2.05) is 24.3 Å². The van der Waals surface area contributed by atoms with Gasteiger partial charge in [-0.25, -0.2) is 0 Å². The predicted molar refractivity (Wildman–Crippen MR) is 103 cm³/mol. The molecule has 0 saturated carbocycles. The quantitative estimate of drug-likeness (QED) is 0.392. The Kier molecular flexibility index (Phi) is 7.82. The molecule has 1 aliphatic heterocycles. The van der Waals surface area contributed by atoms with Crippen molar-refractivity contribution in [3.63, 3.8) is 0 Å². The van der Waals surface area contributed by atoms with Gasteiger partial charge in [0.15, 0.2) is 11.5 Å². The molecule has 1 aliphatic rings. The van der Waals surface area contributed by atoms with E-state index < -0.39 is 14.2 Å². The van der Waals surface area contributed by atoms with Crippen LogP contribution in [-0.4, -0.2) is 45.2 Å². The molecule has 2 atom stereocenters. The molecule has 0 spiro atoms. The summed E-state index contributed by atoms with van der Waals surface area (Å²) >= 11 is 0. The summed E-state index contributed by atoms with van der Waals surface area (Å²) in [7, 11) is -1.44. The van der Waals surface area contributed by atoms with Crippen molar-refractivity contribution in [3.8, 4) is 23.0 Å². The van der Waals surface area contributed by atoms with Crippen LogP contribution in [-0.2, 0) is 4.74 Å². The van der Waals surface area contributed by atoms with E-state index in [4.69, 9.17) is 14.2 Å². The van der Waals surface area contributed by atoms with Crippen molar-refractivity contribution in [2.24, 2.45) is 0 Å². The van der Waals surface area contributed by atoms with Gasteiger partial charge in [0.25, 0.3) is 0 Å². The van der Waals surface area contributed by atoms with E-state index in [9.17, 15) is 5.11 Å². The second-order valence-electron chi connectivity index (χ2n) is 6.52. The minimum atomic E-state index is -1.44. The molecule has 2 rings (SSSR count). The highest BCUT2D eigenvalue weighted by atomic mass is 28.3. The van der Waals surface area contributed by atoms with Gasteiger partial charge in [-0.05, 0) is 30.3 Å². The first-order valence-corrected chi connectivity index (χ1v) is 11.9. The Bertz CT molecular complexity index is 577. The summed E-state index contributed by atoms with van der Waals surface area (Å²) in [6.07, 6.45) is 0.0619. The van der Waals surface area contributed by atoms with Gasteiger partial charge in [-0.15, -0.1) is 11.5 Å². The zero-order chi connectivity index (χ0) is 18.1. The molecule has 5 heteroatoms. The summed E-state index contributed by atoms with van der Waals surface area (Å²) in [5.41, 5.74) is 3.50. The molecule has 4 nitrogen and oxygen atoms in total. The maximum atomic E-state index is 10.2. The van der Waals surface area contributed by atoms with Crippen molar-refractivity contribution in [3.05, 3.63) is 24.3 Å². The zero-order valence-electron chi connectivity index (χ0n) is 15.6. The normalized spacial score (nSPS) is 17.4. The lowest BCUT2D eigenvalue weighted by Crippen LogP contribution is -2.29. The minimum absolute atomic E-state index is 0.203. The smallest absolute Gasteiger partial charge is 0.161 e. The Morgan fingerprint density at radius 2 is 1.76 bits per heavy atom. The highest BCUT2D eigenvalue weighted by molar-refractivity contribution is 6.87.